The van der Waals surface area contributed by atoms with Crippen molar-refractivity contribution in [1.82, 2.24) is 0 Å². The summed E-state index contributed by atoms with van der Waals surface area (Å²) in [5, 5.41) is 0. The largest absolute Gasteiger partial charge is 0.0533 e. The normalized spacial score (nSPS) is 11.2. The van der Waals surface area contributed by atoms with E-state index >= 15 is 0 Å². The summed E-state index contributed by atoms with van der Waals surface area (Å²) >= 11 is 0. The summed E-state index contributed by atoms with van der Waals surface area (Å²) in [6.45, 7) is 7.80. The Balaban J connectivity index is 2.92. The van der Waals surface area contributed by atoms with Gasteiger partial charge in [-0.1, -0.05) is 149 Å². The third-order valence-electron chi connectivity index (χ3n) is 5.00. The fourth-order valence-electron chi connectivity index (χ4n) is 3.36. The van der Waals surface area contributed by atoms with Crippen molar-refractivity contribution >= 4 is 0 Å². The molecule has 0 aromatic carbocycles. The van der Waals surface area contributed by atoms with Crippen LogP contribution in [0.5, 0.6) is 0 Å². The minimum Gasteiger partial charge on any atom is -0.0533 e. The smallest absolute Gasteiger partial charge is 0.0533 e. The summed E-state index contributed by atoms with van der Waals surface area (Å²) in [5.41, 5.74) is 0. The van der Waals surface area contributed by atoms with Gasteiger partial charge in [-0.05, 0) is 0 Å². The molecule has 0 amide bonds. The van der Waals surface area contributed by atoms with E-state index in [0.29, 0.717) is 0 Å². The first-order chi connectivity index (χ1) is 11.4. The van der Waals surface area contributed by atoms with Gasteiger partial charge in [0.15, 0.2) is 0 Å². The molecule has 0 aliphatic carbocycles. The van der Waals surface area contributed by atoms with E-state index in [1.807, 2.05) is 0 Å². The Morgan fingerprint density at radius 2 is 0.348 bits per heavy atom. The molecule has 0 aromatic heterocycles. The fraction of sp³-hybridized carbons (Fsp3) is 0.913. The lowest BCUT2D eigenvalue weighted by atomic mass is 10.0. The van der Waals surface area contributed by atoms with Crippen molar-refractivity contribution in [2.24, 2.45) is 0 Å². The predicted molar refractivity (Wildman–Crippen MR) is 108 cm³/mol. The Hall–Kier alpha value is 0. The number of hydrogen-bond acceptors (Lipinski definition) is 0. The fourth-order valence-corrected chi connectivity index (χ4v) is 3.36. The molecule has 0 unspecified atom stereocenters. The summed E-state index contributed by atoms with van der Waals surface area (Å²) in [5.74, 6) is 0. The van der Waals surface area contributed by atoms with Crippen LogP contribution < -0.4 is 0 Å². The Morgan fingerprint density at radius 3 is 0.478 bits per heavy atom. The van der Waals surface area contributed by atoms with Crippen LogP contribution in [-0.2, 0) is 0 Å². The summed E-state index contributed by atoms with van der Waals surface area (Å²) in [4.78, 5) is 0. The third-order valence-corrected chi connectivity index (χ3v) is 5.00. The second-order valence-corrected chi connectivity index (χ2v) is 7.42. The van der Waals surface area contributed by atoms with Crippen LogP contribution in [0, 0.1) is 13.8 Å². The maximum Gasteiger partial charge on any atom is -0.0533 e. The Labute approximate surface area is 149 Å². The van der Waals surface area contributed by atoms with E-state index in [2.05, 4.69) is 13.8 Å². The summed E-state index contributed by atoms with van der Waals surface area (Å²) in [6, 6.07) is 0. The van der Waals surface area contributed by atoms with Crippen LogP contribution in [-0.4, -0.2) is 0 Å². The standard InChI is InChI=1S/C23H46/c1-3-5-7-9-11-13-15-17-19-21-23-22-20-18-16-14-12-10-8-6-4-2/h1-23H2. The average molecular weight is 323 g/mol. The van der Waals surface area contributed by atoms with Crippen LogP contribution in [0.4, 0.5) is 0 Å². The summed E-state index contributed by atoms with van der Waals surface area (Å²) < 4.78 is 0. The lowest BCUT2D eigenvalue weighted by molar-refractivity contribution is 0.522. The summed E-state index contributed by atoms with van der Waals surface area (Å²) in [6.07, 6.45) is 29.7. The van der Waals surface area contributed by atoms with Crippen molar-refractivity contribution in [2.75, 3.05) is 0 Å². The van der Waals surface area contributed by atoms with Gasteiger partial charge in [0.2, 0.25) is 0 Å². The van der Waals surface area contributed by atoms with Crippen molar-refractivity contribution in [3.05, 3.63) is 13.8 Å². The van der Waals surface area contributed by atoms with E-state index in [1.165, 1.54) is 122 Å². The molecule has 138 valence electrons. The minimum absolute atomic E-state index is 1.12. The van der Waals surface area contributed by atoms with Crippen LogP contribution in [0.2, 0.25) is 0 Å². The van der Waals surface area contributed by atoms with E-state index in [-0.39, 0.29) is 0 Å². The molecule has 0 heteroatoms. The van der Waals surface area contributed by atoms with Gasteiger partial charge in [-0.2, -0.15) is 0 Å². The first kappa shape index (κ1) is 23.0. The Bertz CT molecular complexity index is 164. The van der Waals surface area contributed by atoms with E-state index in [9.17, 15) is 0 Å². The molecular weight excluding hydrogens is 276 g/mol. The van der Waals surface area contributed by atoms with Crippen LogP contribution >= 0.6 is 0 Å². The van der Waals surface area contributed by atoms with Crippen LogP contribution in [0.25, 0.3) is 0 Å². The highest BCUT2D eigenvalue weighted by Gasteiger charge is 1.95. The quantitative estimate of drug-likeness (QED) is 0.196. The van der Waals surface area contributed by atoms with Gasteiger partial charge < -0.3 is 0 Å². The van der Waals surface area contributed by atoms with Gasteiger partial charge in [0.05, 0.1) is 0 Å². The highest BCUT2D eigenvalue weighted by Crippen LogP contribution is 2.14. The highest BCUT2D eigenvalue weighted by molar-refractivity contribution is 4.51. The topological polar surface area (TPSA) is 0 Å². The van der Waals surface area contributed by atoms with Gasteiger partial charge in [-0.3, -0.25) is 0 Å². The highest BCUT2D eigenvalue weighted by atomic mass is 14.0. The molecular formula is C23H46. The second-order valence-electron chi connectivity index (χ2n) is 7.42. The molecule has 0 aromatic rings. The number of hydrogen-bond donors (Lipinski definition) is 0. The SMILES string of the molecule is [CH2]CCCCCCCCCCCCCCCCCCCCC[CH2]. The van der Waals surface area contributed by atoms with Crippen molar-refractivity contribution in [1.29, 1.82) is 0 Å². The Kier molecular flexibility index (Phi) is 22.0. The third kappa shape index (κ3) is 22.0. The molecule has 0 saturated heterocycles. The maximum absolute atomic E-state index is 3.90. The van der Waals surface area contributed by atoms with E-state index < -0.39 is 0 Å². The predicted octanol–water partition coefficient (Wildman–Crippen LogP) is 8.85. The molecule has 0 heterocycles. The van der Waals surface area contributed by atoms with E-state index in [4.69, 9.17) is 0 Å². The van der Waals surface area contributed by atoms with Gasteiger partial charge >= 0.3 is 0 Å². The van der Waals surface area contributed by atoms with E-state index in [0.717, 1.165) is 12.8 Å². The molecule has 0 aliphatic rings. The molecule has 0 N–H and O–H groups in total. The molecule has 0 aliphatic heterocycles. The van der Waals surface area contributed by atoms with E-state index in [1.54, 1.807) is 0 Å². The molecule has 0 rings (SSSR count). The summed E-state index contributed by atoms with van der Waals surface area (Å²) in [7, 11) is 0. The van der Waals surface area contributed by atoms with Gasteiger partial charge in [0.1, 0.15) is 0 Å². The van der Waals surface area contributed by atoms with Crippen molar-refractivity contribution in [3.8, 4) is 0 Å². The van der Waals surface area contributed by atoms with Crippen molar-refractivity contribution in [2.45, 2.75) is 135 Å². The molecule has 0 spiro atoms. The van der Waals surface area contributed by atoms with Gasteiger partial charge in [-0.25, -0.2) is 0 Å². The lowest BCUT2D eigenvalue weighted by Gasteiger charge is -2.04. The molecule has 0 saturated carbocycles. The van der Waals surface area contributed by atoms with Crippen LogP contribution in [0.15, 0.2) is 0 Å². The number of unbranched alkanes of at least 4 members (excludes halogenated alkanes) is 20. The van der Waals surface area contributed by atoms with Crippen LogP contribution in [0.1, 0.15) is 135 Å². The van der Waals surface area contributed by atoms with Crippen molar-refractivity contribution in [3.63, 3.8) is 0 Å². The first-order valence-corrected chi connectivity index (χ1v) is 11.0. The van der Waals surface area contributed by atoms with Gasteiger partial charge in [0.25, 0.3) is 0 Å². The molecule has 0 fully saturated rings. The zero-order valence-electron chi connectivity index (χ0n) is 16.3. The first-order valence-electron chi connectivity index (χ1n) is 11.0. The second kappa shape index (κ2) is 22.0. The number of rotatable bonds is 20. The molecule has 2 radical (unpaired) electrons. The zero-order chi connectivity index (χ0) is 16.8. The van der Waals surface area contributed by atoms with Gasteiger partial charge in [-0.15, -0.1) is 0 Å². The molecule has 0 nitrogen and oxygen atoms in total. The lowest BCUT2D eigenvalue weighted by Crippen LogP contribution is -1.84. The maximum atomic E-state index is 3.90. The van der Waals surface area contributed by atoms with Gasteiger partial charge in [0, 0.05) is 0 Å². The van der Waals surface area contributed by atoms with Crippen LogP contribution in [0.3, 0.4) is 0 Å². The molecule has 0 bridgehead atoms. The van der Waals surface area contributed by atoms with Crippen molar-refractivity contribution < 1.29 is 0 Å². The molecule has 23 heavy (non-hydrogen) atoms. The zero-order valence-corrected chi connectivity index (χ0v) is 16.3. The Morgan fingerprint density at radius 1 is 0.217 bits per heavy atom. The minimum atomic E-state index is 1.12. The monoisotopic (exact) mass is 322 g/mol. The molecule has 0 atom stereocenters. The average Bonchev–Trinajstić information content (AvgIpc) is 2.57.